The summed E-state index contributed by atoms with van der Waals surface area (Å²) >= 11 is 0. The zero-order valence-corrected chi connectivity index (χ0v) is 24.8. The molecule has 1 unspecified atom stereocenters. The number of methoxy groups -OCH3 is 3. The number of ether oxygens (including phenoxy) is 5. The van der Waals surface area contributed by atoms with Crippen LogP contribution in [0.4, 0.5) is 0 Å². The van der Waals surface area contributed by atoms with E-state index >= 15 is 0 Å². The van der Waals surface area contributed by atoms with Crippen molar-refractivity contribution in [3.05, 3.63) is 68.6 Å². The van der Waals surface area contributed by atoms with Crippen LogP contribution in [0.3, 0.4) is 0 Å². The van der Waals surface area contributed by atoms with Gasteiger partial charge in [0.05, 0.1) is 26.9 Å². The number of hydrogen-bond acceptors (Lipinski definition) is 6. The van der Waals surface area contributed by atoms with Gasteiger partial charge in [0.25, 0.3) is 0 Å². The Morgan fingerprint density at radius 2 is 1.53 bits per heavy atom. The molecule has 1 aliphatic rings. The van der Waals surface area contributed by atoms with Crippen LogP contribution in [-0.4, -0.2) is 42.8 Å². The smallest absolute Gasteiger partial charge is 0 e. The molecule has 0 heterocycles. The molecule has 0 aromatic heterocycles. The van der Waals surface area contributed by atoms with Gasteiger partial charge >= 0.3 is 33.9 Å². The van der Waals surface area contributed by atoms with Gasteiger partial charge in [-0.05, 0) is 48.6 Å². The molecule has 0 spiro atoms. The van der Waals surface area contributed by atoms with Gasteiger partial charge in [0.2, 0.25) is 0 Å². The second-order valence-electron chi connectivity index (χ2n) is 8.89. The second-order valence-corrected chi connectivity index (χ2v) is 14.5. The molecule has 1 aromatic rings. The molecule has 1 aliphatic carbocycles. The van der Waals surface area contributed by atoms with Gasteiger partial charge in [-0.3, -0.25) is 0 Å². The van der Waals surface area contributed by atoms with E-state index in [2.05, 4.69) is 45.7 Å². The molecule has 0 aliphatic heterocycles. The summed E-state index contributed by atoms with van der Waals surface area (Å²) in [6, 6.07) is 7.33. The Balaban J connectivity index is -0.00000163. The zero-order valence-electron chi connectivity index (χ0n) is 22.7. The Hall–Kier alpha value is -1.85. The van der Waals surface area contributed by atoms with Crippen LogP contribution in [0.5, 0.6) is 11.5 Å². The number of rotatable bonds is 12. The fourth-order valence-electron chi connectivity index (χ4n) is 3.53. The normalized spacial score (nSPS) is 13.8. The van der Waals surface area contributed by atoms with Crippen molar-refractivity contribution in [1.29, 1.82) is 5.26 Å². The Labute approximate surface area is 239 Å². The summed E-state index contributed by atoms with van der Waals surface area (Å²) in [6.07, 6.45) is 7.74. The van der Waals surface area contributed by atoms with E-state index in [1.165, 1.54) is 0 Å². The SMILES string of the molecule is CO[C]1[CH][CH]C(CC#N)(c2cc(OC)c(OC)cc2COCOCC[Si](C)(C)C)C[CH]1.[C-]#[O+].[C-]#[O+].[C-]#[O+].[Fe]. The molecule has 1 fully saturated rings. The van der Waals surface area contributed by atoms with Crippen molar-refractivity contribution in [1.82, 2.24) is 0 Å². The molecule has 9 nitrogen and oxygen atoms in total. The number of nitriles is 1. The molecule has 0 bridgehead atoms. The predicted molar refractivity (Wildman–Crippen MR) is 135 cm³/mol. The van der Waals surface area contributed by atoms with Crippen LogP contribution in [-0.2, 0) is 57.3 Å². The van der Waals surface area contributed by atoms with Crippen molar-refractivity contribution >= 4 is 8.07 Å². The van der Waals surface area contributed by atoms with Gasteiger partial charge in [-0.2, -0.15) is 5.26 Å². The summed E-state index contributed by atoms with van der Waals surface area (Å²) in [6.45, 7) is 21.8. The van der Waals surface area contributed by atoms with Gasteiger partial charge in [-0.25, -0.2) is 0 Å². The number of hydrogen-bond donors (Lipinski definition) is 0. The summed E-state index contributed by atoms with van der Waals surface area (Å²) in [5.41, 5.74) is 1.44. The van der Waals surface area contributed by atoms with Crippen molar-refractivity contribution < 1.29 is 54.7 Å². The summed E-state index contributed by atoms with van der Waals surface area (Å²) in [5, 5.41) is 9.59. The first-order valence-corrected chi connectivity index (χ1v) is 14.8. The average Bonchev–Trinajstić information content (AvgIpc) is 2.93. The Bertz CT molecular complexity index is 855. The Kier molecular flexibility index (Phi) is 24.7. The Morgan fingerprint density at radius 1 is 0.947 bits per heavy atom. The maximum atomic E-state index is 9.59. The number of nitrogens with zero attached hydrogens (tertiary/aromatic N) is 1. The van der Waals surface area contributed by atoms with Crippen LogP contribution in [0.25, 0.3) is 0 Å². The van der Waals surface area contributed by atoms with E-state index in [-0.39, 0.29) is 23.9 Å². The van der Waals surface area contributed by atoms with Gasteiger partial charge in [-0.1, -0.05) is 19.6 Å². The minimum absolute atomic E-state index is 0. The summed E-state index contributed by atoms with van der Waals surface area (Å²) in [4.78, 5) is 0. The molecule has 0 saturated heterocycles. The molecule has 4 radical (unpaired) electrons. The predicted octanol–water partition coefficient (Wildman–Crippen LogP) is 4.76. The average molecular weight is 586 g/mol. The molecule has 0 N–H and O–H groups in total. The van der Waals surface area contributed by atoms with E-state index in [4.69, 9.17) is 37.6 Å². The van der Waals surface area contributed by atoms with Gasteiger partial charge in [0.1, 0.15) is 12.9 Å². The quantitative estimate of drug-likeness (QED) is 0.114. The third kappa shape index (κ3) is 13.8. The van der Waals surface area contributed by atoms with Crippen molar-refractivity contribution in [2.24, 2.45) is 0 Å². The third-order valence-electron chi connectivity index (χ3n) is 5.43. The van der Waals surface area contributed by atoms with E-state index in [1.807, 2.05) is 31.4 Å². The first-order chi connectivity index (χ1) is 17.8. The van der Waals surface area contributed by atoms with E-state index in [0.717, 1.165) is 23.3 Å². The van der Waals surface area contributed by atoms with Crippen LogP contribution >= 0.6 is 0 Å². The maximum absolute atomic E-state index is 9.59. The number of benzene rings is 1. The molecule has 1 saturated carbocycles. The standard InChI is InChI=1S/C24H35NO5Si.3CO.Fe/c1-26-20-7-9-24(10-8-20,11-12-25)21-16-23(28-3)22(27-2)15-19(21)17-30-18-29-13-14-31(4,5)6;3*1-2;/h7-9,15-16H,10-11,13-14,17-18H2,1-6H3;;;;. The monoisotopic (exact) mass is 585 g/mol. The van der Waals surface area contributed by atoms with Crippen LogP contribution in [0.15, 0.2) is 12.1 Å². The zero-order chi connectivity index (χ0) is 28.9. The van der Waals surface area contributed by atoms with Crippen LogP contribution in [0.1, 0.15) is 24.0 Å². The molecule has 2 rings (SSSR count). The summed E-state index contributed by atoms with van der Waals surface area (Å²) in [5.74, 6) is 1.25. The minimum Gasteiger partial charge on any atom is 0 e. The van der Waals surface area contributed by atoms with Crippen molar-refractivity contribution in [2.45, 2.75) is 50.5 Å². The maximum Gasteiger partial charge on any atom is 0 e. The molecule has 1 atom stereocenters. The van der Waals surface area contributed by atoms with E-state index < -0.39 is 13.5 Å². The summed E-state index contributed by atoms with van der Waals surface area (Å²) in [7, 11) is 3.74. The summed E-state index contributed by atoms with van der Waals surface area (Å²) < 4.78 is 50.4. The first-order valence-electron chi connectivity index (χ1n) is 11.1. The molecule has 208 valence electrons. The van der Waals surface area contributed by atoms with Crippen molar-refractivity contribution in [3.8, 4) is 17.6 Å². The third-order valence-corrected chi connectivity index (χ3v) is 7.13. The largest absolute Gasteiger partial charge is 0 e. The minimum atomic E-state index is -1.13. The van der Waals surface area contributed by atoms with Crippen molar-refractivity contribution in [3.63, 3.8) is 0 Å². The van der Waals surface area contributed by atoms with Gasteiger partial charge in [0, 0.05) is 57.1 Å². The van der Waals surface area contributed by atoms with Crippen molar-refractivity contribution in [2.75, 3.05) is 34.7 Å². The fraction of sp³-hybridized carbons (Fsp3) is 0.481. The second kappa shape index (κ2) is 23.1. The first kappa shape index (κ1) is 40.6. The molecular formula is C27H35FeNO8Si. The Morgan fingerprint density at radius 3 is 1.97 bits per heavy atom. The molecule has 1 aromatic carbocycles. The van der Waals surface area contributed by atoms with E-state index in [0.29, 0.717) is 37.6 Å². The van der Waals surface area contributed by atoms with Crippen LogP contribution in [0, 0.1) is 56.6 Å². The van der Waals surface area contributed by atoms with E-state index in [9.17, 15) is 5.26 Å². The topological polar surface area (TPSA) is 130 Å². The van der Waals surface area contributed by atoms with Gasteiger partial charge in [-0.15, -0.1) is 0 Å². The molecule has 0 amide bonds. The van der Waals surface area contributed by atoms with E-state index in [1.54, 1.807) is 21.3 Å². The molecular weight excluding hydrogens is 550 g/mol. The van der Waals surface area contributed by atoms with Gasteiger partial charge < -0.3 is 23.7 Å². The molecule has 11 heteroatoms. The van der Waals surface area contributed by atoms with Crippen LogP contribution < -0.4 is 9.47 Å². The molecule has 38 heavy (non-hydrogen) atoms. The van der Waals surface area contributed by atoms with Gasteiger partial charge in [0.15, 0.2) is 11.5 Å². The fourth-order valence-corrected chi connectivity index (χ4v) is 4.29. The van der Waals surface area contributed by atoms with Crippen LogP contribution in [0.2, 0.25) is 25.7 Å².